The normalized spacial score (nSPS) is 19.4. The number of pyridine rings is 1. The Labute approximate surface area is 240 Å². The molecule has 40 heavy (non-hydrogen) atoms. The van der Waals surface area contributed by atoms with Gasteiger partial charge in [0.15, 0.2) is 10.8 Å². The lowest BCUT2D eigenvalue weighted by atomic mass is 9.90. The summed E-state index contributed by atoms with van der Waals surface area (Å²) in [4.78, 5) is 17.0. The third-order valence-corrected chi connectivity index (χ3v) is 9.62. The van der Waals surface area contributed by atoms with E-state index in [0.29, 0.717) is 41.6 Å². The van der Waals surface area contributed by atoms with Crippen LogP contribution in [0.1, 0.15) is 82.5 Å². The Morgan fingerprint density at radius 3 is 2.62 bits per heavy atom. The smallest absolute Gasteiger partial charge is 0.283 e. The Bertz CT molecular complexity index is 1480. The average molecular weight is 589 g/mol. The molecule has 3 heterocycles. The minimum atomic E-state index is -4.19. The van der Waals surface area contributed by atoms with Gasteiger partial charge in [-0.1, -0.05) is 32.4 Å². The summed E-state index contributed by atoms with van der Waals surface area (Å²) < 4.78 is 36.6. The summed E-state index contributed by atoms with van der Waals surface area (Å²) in [5.41, 5.74) is 0.783. The van der Waals surface area contributed by atoms with Crippen LogP contribution in [0.5, 0.6) is 5.88 Å². The second-order valence-electron chi connectivity index (χ2n) is 12.3. The molecule has 3 aromatic heterocycles. The van der Waals surface area contributed by atoms with Crippen LogP contribution in [0.4, 0.5) is 0 Å². The van der Waals surface area contributed by atoms with Crippen LogP contribution in [0, 0.1) is 16.7 Å². The van der Waals surface area contributed by atoms with E-state index in [1.54, 1.807) is 23.1 Å². The zero-order valence-corrected chi connectivity index (χ0v) is 24.8. The summed E-state index contributed by atoms with van der Waals surface area (Å²) in [6.45, 7) is 8.07. The molecule has 0 aliphatic heterocycles. The highest BCUT2D eigenvalue weighted by atomic mass is 35.5. The van der Waals surface area contributed by atoms with Crippen molar-refractivity contribution in [1.29, 1.82) is 0 Å². The zero-order valence-electron chi connectivity index (χ0n) is 23.3. The summed E-state index contributed by atoms with van der Waals surface area (Å²) >= 11 is 6.28. The summed E-state index contributed by atoms with van der Waals surface area (Å²) in [6, 6.07) is 6.07. The fourth-order valence-electron chi connectivity index (χ4n) is 5.35. The Kier molecular flexibility index (Phi) is 7.98. The van der Waals surface area contributed by atoms with Crippen molar-refractivity contribution in [2.75, 3.05) is 6.61 Å². The van der Waals surface area contributed by atoms with E-state index in [1.165, 1.54) is 48.6 Å². The predicted molar refractivity (Wildman–Crippen MR) is 151 cm³/mol. The average Bonchev–Trinajstić information content (AvgIpc) is 3.28. The molecule has 2 aliphatic rings. The fourth-order valence-corrected chi connectivity index (χ4v) is 6.50. The van der Waals surface area contributed by atoms with Gasteiger partial charge in [0.2, 0.25) is 5.88 Å². The van der Waals surface area contributed by atoms with Gasteiger partial charge >= 0.3 is 0 Å². The number of hydrogen-bond acceptors (Lipinski definition) is 7. The van der Waals surface area contributed by atoms with Gasteiger partial charge in [-0.25, -0.2) is 14.4 Å². The maximum Gasteiger partial charge on any atom is 0.283 e. The minimum Gasteiger partial charge on any atom is -0.477 e. The molecule has 12 heteroatoms. The topological polar surface area (TPSA) is 121 Å². The van der Waals surface area contributed by atoms with Crippen molar-refractivity contribution in [3.8, 4) is 11.7 Å². The number of carbonyl (C=O) groups excluding carboxylic acids is 1. The van der Waals surface area contributed by atoms with Crippen LogP contribution in [-0.4, -0.2) is 45.5 Å². The number of rotatable bonds is 12. The molecule has 2 saturated carbocycles. The number of amides is 1. The lowest BCUT2D eigenvalue weighted by Gasteiger charge is -2.17. The van der Waals surface area contributed by atoms with Gasteiger partial charge in [0.25, 0.3) is 15.9 Å². The molecule has 1 unspecified atom stereocenters. The van der Waals surface area contributed by atoms with Crippen molar-refractivity contribution in [3.63, 3.8) is 0 Å². The van der Waals surface area contributed by atoms with Crippen LogP contribution >= 0.6 is 11.6 Å². The van der Waals surface area contributed by atoms with Gasteiger partial charge < -0.3 is 4.74 Å². The molecule has 0 spiro atoms. The molecule has 0 saturated heterocycles. The van der Waals surface area contributed by atoms with Crippen LogP contribution in [0.25, 0.3) is 5.82 Å². The van der Waals surface area contributed by atoms with Crippen molar-refractivity contribution >= 4 is 27.5 Å². The third kappa shape index (κ3) is 7.04. The molecule has 2 fully saturated rings. The van der Waals surface area contributed by atoms with Gasteiger partial charge in [0.1, 0.15) is 5.15 Å². The van der Waals surface area contributed by atoms with Crippen molar-refractivity contribution in [2.24, 2.45) is 16.7 Å². The second kappa shape index (κ2) is 11.2. The molecule has 216 valence electrons. The van der Waals surface area contributed by atoms with Gasteiger partial charge in [0.05, 0.1) is 12.2 Å². The summed E-state index contributed by atoms with van der Waals surface area (Å²) in [6.07, 6.45) is 12.5. The van der Waals surface area contributed by atoms with E-state index in [9.17, 15) is 13.2 Å². The van der Waals surface area contributed by atoms with E-state index in [-0.39, 0.29) is 15.7 Å². The number of ether oxygens (including phenoxy) is 1. The highest BCUT2D eigenvalue weighted by Gasteiger charge is 2.36. The highest BCUT2D eigenvalue weighted by molar-refractivity contribution is 7.90. The molecule has 1 amide bonds. The standard InChI is InChI=1S/C28H37ClN6O4S/c1-27(2)12-7-20(19-27)8-15-34-16-10-24(32-34)40(37,38)33-26(36)21-5-6-22(30-25(21)29)35-17-9-23(31-35)39-18-4-11-28(3)13-14-28/h5-6,9-10,16-17,20H,4,7-8,11-15,18-19H2,1-3H3,(H,33,36). The molecule has 0 radical (unpaired) electrons. The number of hydrogen-bond donors (Lipinski definition) is 1. The van der Waals surface area contributed by atoms with Crippen molar-refractivity contribution in [3.05, 3.63) is 47.4 Å². The highest BCUT2D eigenvalue weighted by Crippen LogP contribution is 2.48. The summed E-state index contributed by atoms with van der Waals surface area (Å²) in [7, 11) is -4.19. The number of aryl methyl sites for hydroxylation is 1. The second-order valence-corrected chi connectivity index (χ2v) is 14.3. The van der Waals surface area contributed by atoms with Gasteiger partial charge in [-0.3, -0.25) is 9.48 Å². The number of halogens is 1. The van der Waals surface area contributed by atoms with Crippen LogP contribution in [0.2, 0.25) is 5.15 Å². The van der Waals surface area contributed by atoms with Crippen LogP contribution < -0.4 is 9.46 Å². The maximum atomic E-state index is 12.8. The SMILES string of the molecule is CC1(C)CCC(CCn2ccc(S(=O)(=O)NC(=O)c3ccc(-n4ccc(OCCCC5(C)CC5)n4)nc3Cl)n2)C1. The predicted octanol–water partition coefficient (Wildman–Crippen LogP) is 5.41. The lowest BCUT2D eigenvalue weighted by molar-refractivity contribution is 0.0981. The minimum absolute atomic E-state index is 0.0746. The summed E-state index contributed by atoms with van der Waals surface area (Å²) in [5, 5.41) is 8.18. The van der Waals surface area contributed by atoms with Crippen LogP contribution in [-0.2, 0) is 16.6 Å². The molecule has 1 N–H and O–H groups in total. The third-order valence-electron chi connectivity index (χ3n) is 8.11. The Balaban J connectivity index is 1.15. The zero-order chi connectivity index (χ0) is 28.5. The molecular formula is C28H37ClN6O4S. The van der Waals surface area contributed by atoms with E-state index in [2.05, 4.69) is 36.0 Å². The largest absolute Gasteiger partial charge is 0.477 e. The van der Waals surface area contributed by atoms with Crippen molar-refractivity contribution in [1.82, 2.24) is 29.3 Å². The van der Waals surface area contributed by atoms with Gasteiger partial charge in [-0.2, -0.15) is 13.5 Å². The molecule has 2 aliphatic carbocycles. The Morgan fingerprint density at radius 1 is 1.12 bits per heavy atom. The van der Waals surface area contributed by atoms with Crippen molar-refractivity contribution in [2.45, 2.75) is 83.7 Å². The first-order valence-electron chi connectivity index (χ1n) is 13.9. The van der Waals surface area contributed by atoms with Gasteiger partial charge in [0, 0.05) is 25.0 Å². The first kappa shape index (κ1) is 28.6. The molecule has 0 bridgehead atoms. The van der Waals surface area contributed by atoms with E-state index < -0.39 is 15.9 Å². The van der Waals surface area contributed by atoms with E-state index >= 15 is 0 Å². The number of aromatic nitrogens is 5. The van der Waals surface area contributed by atoms with Crippen molar-refractivity contribution < 1.29 is 17.9 Å². The number of nitrogens with zero attached hydrogens (tertiary/aromatic N) is 5. The first-order chi connectivity index (χ1) is 18.9. The number of carbonyl (C=O) groups is 1. The van der Waals surface area contributed by atoms with E-state index in [4.69, 9.17) is 16.3 Å². The van der Waals surface area contributed by atoms with Gasteiger partial charge in [-0.15, -0.1) is 5.10 Å². The van der Waals surface area contributed by atoms with Crippen LogP contribution in [0.15, 0.2) is 41.7 Å². The Morgan fingerprint density at radius 2 is 1.93 bits per heavy atom. The Hall–Kier alpha value is -2.92. The summed E-state index contributed by atoms with van der Waals surface area (Å²) in [5.74, 6) is 0.561. The molecule has 1 atom stereocenters. The van der Waals surface area contributed by atoms with E-state index in [1.807, 2.05) is 4.72 Å². The van der Waals surface area contributed by atoms with Crippen LogP contribution in [0.3, 0.4) is 0 Å². The molecule has 10 nitrogen and oxygen atoms in total. The maximum absolute atomic E-state index is 12.8. The number of sulfonamides is 1. The number of nitrogens with one attached hydrogen (secondary N) is 1. The van der Waals surface area contributed by atoms with E-state index in [0.717, 1.165) is 25.7 Å². The molecule has 3 aromatic rings. The molecule has 5 rings (SSSR count). The monoisotopic (exact) mass is 588 g/mol. The fraction of sp³-hybridized carbons (Fsp3) is 0.571. The van der Waals surface area contributed by atoms with Gasteiger partial charge in [-0.05, 0) is 86.3 Å². The molecule has 0 aromatic carbocycles. The molecular weight excluding hydrogens is 552 g/mol. The quantitative estimate of drug-likeness (QED) is 0.222. The lowest BCUT2D eigenvalue weighted by Crippen LogP contribution is -2.31. The first-order valence-corrected chi connectivity index (χ1v) is 15.7.